The molecule has 0 aromatic heterocycles. The third kappa shape index (κ3) is 9.30. The monoisotopic (exact) mass is 276 g/mol. The Labute approximate surface area is 113 Å². The number of carboxylic acids is 1. The molecule has 1 unspecified atom stereocenters. The van der Waals surface area contributed by atoms with Crippen LogP contribution < -0.4 is 11.1 Å². The van der Waals surface area contributed by atoms with Crippen LogP contribution in [0.3, 0.4) is 0 Å². The topological polar surface area (TPSA) is 92.4 Å². The third-order valence-electron chi connectivity index (χ3n) is 2.43. The predicted octanol–water partition coefficient (Wildman–Crippen LogP) is 1.07. The molecule has 0 rings (SSSR count). The zero-order chi connectivity index (χ0) is 14.1. The molecule has 2 atom stereocenters. The van der Waals surface area contributed by atoms with Crippen LogP contribution >= 0.6 is 11.8 Å². The Morgan fingerprint density at radius 2 is 1.89 bits per heavy atom. The van der Waals surface area contributed by atoms with E-state index < -0.39 is 12.0 Å². The Morgan fingerprint density at radius 1 is 1.28 bits per heavy atom. The SMILES string of the molecule is CC(C)CCC(C)NC(=O)CSC[C@@H](N)C(=O)O. The molecule has 0 aliphatic heterocycles. The normalized spacial score (nSPS) is 14.3. The number of hydrogen-bond donors (Lipinski definition) is 3. The van der Waals surface area contributed by atoms with Gasteiger partial charge in [-0.05, 0) is 25.7 Å². The van der Waals surface area contributed by atoms with Crippen molar-refractivity contribution in [3.8, 4) is 0 Å². The van der Waals surface area contributed by atoms with Crippen LogP contribution in [0.15, 0.2) is 0 Å². The van der Waals surface area contributed by atoms with E-state index in [1.54, 1.807) is 0 Å². The molecule has 0 aliphatic carbocycles. The van der Waals surface area contributed by atoms with E-state index in [-0.39, 0.29) is 23.5 Å². The molecule has 0 saturated carbocycles. The molecule has 0 spiro atoms. The van der Waals surface area contributed by atoms with Crippen molar-refractivity contribution in [3.05, 3.63) is 0 Å². The molecule has 0 bridgehead atoms. The average molecular weight is 276 g/mol. The summed E-state index contributed by atoms with van der Waals surface area (Å²) in [5.74, 6) is 0.0465. The van der Waals surface area contributed by atoms with E-state index in [2.05, 4.69) is 19.2 Å². The largest absolute Gasteiger partial charge is 0.480 e. The molecule has 4 N–H and O–H groups in total. The molecule has 0 aliphatic rings. The lowest BCUT2D eigenvalue weighted by molar-refractivity contribution is -0.138. The summed E-state index contributed by atoms with van der Waals surface area (Å²) in [5, 5.41) is 11.5. The van der Waals surface area contributed by atoms with E-state index in [1.165, 1.54) is 11.8 Å². The van der Waals surface area contributed by atoms with Crippen molar-refractivity contribution in [2.45, 2.75) is 45.7 Å². The van der Waals surface area contributed by atoms with Gasteiger partial charge in [-0.2, -0.15) is 0 Å². The second kappa shape index (κ2) is 9.22. The van der Waals surface area contributed by atoms with Crippen LogP contribution in [-0.4, -0.2) is 40.6 Å². The van der Waals surface area contributed by atoms with Crippen LogP contribution in [0.25, 0.3) is 0 Å². The van der Waals surface area contributed by atoms with Gasteiger partial charge in [-0.1, -0.05) is 13.8 Å². The summed E-state index contributed by atoms with van der Waals surface area (Å²) in [6.45, 7) is 6.28. The smallest absolute Gasteiger partial charge is 0.321 e. The number of nitrogens with one attached hydrogen (secondary N) is 1. The highest BCUT2D eigenvalue weighted by Crippen LogP contribution is 2.07. The summed E-state index contributed by atoms with van der Waals surface area (Å²) in [5.41, 5.74) is 5.33. The van der Waals surface area contributed by atoms with Crippen molar-refractivity contribution in [2.24, 2.45) is 11.7 Å². The van der Waals surface area contributed by atoms with Crippen LogP contribution in [0.1, 0.15) is 33.6 Å². The number of carbonyl (C=O) groups excluding carboxylic acids is 1. The van der Waals surface area contributed by atoms with Crippen molar-refractivity contribution < 1.29 is 14.7 Å². The lowest BCUT2D eigenvalue weighted by atomic mass is 10.0. The first-order valence-corrected chi connectivity index (χ1v) is 7.33. The minimum atomic E-state index is -1.03. The van der Waals surface area contributed by atoms with Gasteiger partial charge in [0, 0.05) is 11.8 Å². The fourth-order valence-corrected chi connectivity index (χ4v) is 2.10. The van der Waals surface area contributed by atoms with Crippen LogP contribution in [-0.2, 0) is 9.59 Å². The lowest BCUT2D eigenvalue weighted by Gasteiger charge is -2.15. The van der Waals surface area contributed by atoms with Gasteiger partial charge in [-0.15, -0.1) is 11.8 Å². The number of amides is 1. The Bertz CT molecular complexity index is 272. The zero-order valence-electron chi connectivity index (χ0n) is 11.3. The number of hydrogen-bond acceptors (Lipinski definition) is 4. The third-order valence-corrected chi connectivity index (χ3v) is 3.49. The van der Waals surface area contributed by atoms with Crippen molar-refractivity contribution in [1.82, 2.24) is 5.32 Å². The van der Waals surface area contributed by atoms with Gasteiger partial charge in [0.25, 0.3) is 0 Å². The molecule has 18 heavy (non-hydrogen) atoms. The van der Waals surface area contributed by atoms with E-state index in [0.717, 1.165) is 12.8 Å². The number of carbonyl (C=O) groups is 2. The van der Waals surface area contributed by atoms with Crippen LogP contribution in [0.4, 0.5) is 0 Å². The van der Waals surface area contributed by atoms with Gasteiger partial charge in [0.2, 0.25) is 5.91 Å². The molecule has 0 saturated heterocycles. The molecule has 0 heterocycles. The lowest BCUT2D eigenvalue weighted by Crippen LogP contribution is -2.36. The van der Waals surface area contributed by atoms with Crippen molar-refractivity contribution in [3.63, 3.8) is 0 Å². The summed E-state index contributed by atoms with van der Waals surface area (Å²) < 4.78 is 0. The molecule has 5 nitrogen and oxygen atoms in total. The second-order valence-corrected chi connectivity index (χ2v) is 5.93. The number of carboxylic acid groups (broad SMARTS) is 1. The molecular weight excluding hydrogens is 252 g/mol. The Kier molecular flexibility index (Phi) is 8.83. The summed E-state index contributed by atoms with van der Waals surface area (Å²) in [6.07, 6.45) is 2.04. The first-order chi connectivity index (χ1) is 8.32. The minimum Gasteiger partial charge on any atom is -0.480 e. The Balaban J connectivity index is 3.67. The summed E-state index contributed by atoms with van der Waals surface area (Å²) in [6, 6.07) is -0.741. The van der Waals surface area contributed by atoms with Crippen molar-refractivity contribution in [1.29, 1.82) is 0 Å². The minimum absolute atomic E-state index is 0.0613. The van der Waals surface area contributed by atoms with Crippen molar-refractivity contribution in [2.75, 3.05) is 11.5 Å². The summed E-state index contributed by atoms with van der Waals surface area (Å²) in [7, 11) is 0. The number of thioether (sulfide) groups is 1. The first-order valence-electron chi connectivity index (χ1n) is 6.18. The molecule has 106 valence electrons. The van der Waals surface area contributed by atoms with E-state index >= 15 is 0 Å². The van der Waals surface area contributed by atoms with Gasteiger partial charge in [-0.25, -0.2) is 0 Å². The van der Waals surface area contributed by atoms with Gasteiger partial charge in [-0.3, -0.25) is 9.59 Å². The van der Waals surface area contributed by atoms with Crippen LogP contribution in [0.5, 0.6) is 0 Å². The van der Waals surface area contributed by atoms with Crippen LogP contribution in [0.2, 0.25) is 0 Å². The number of rotatable bonds is 9. The van der Waals surface area contributed by atoms with Gasteiger partial charge < -0.3 is 16.2 Å². The predicted molar refractivity (Wildman–Crippen MR) is 74.6 cm³/mol. The maximum Gasteiger partial charge on any atom is 0.321 e. The molecule has 0 fully saturated rings. The molecular formula is C12H24N2O3S. The zero-order valence-corrected chi connectivity index (χ0v) is 12.1. The Morgan fingerprint density at radius 3 is 2.39 bits per heavy atom. The summed E-state index contributed by atoms with van der Waals surface area (Å²) in [4.78, 5) is 22.0. The van der Waals surface area contributed by atoms with Gasteiger partial charge in [0.1, 0.15) is 6.04 Å². The van der Waals surface area contributed by atoms with E-state index in [9.17, 15) is 9.59 Å². The fraction of sp³-hybridized carbons (Fsp3) is 0.833. The van der Waals surface area contributed by atoms with Gasteiger partial charge >= 0.3 is 5.97 Å². The van der Waals surface area contributed by atoms with Gasteiger partial charge in [0.05, 0.1) is 5.75 Å². The Hall–Kier alpha value is -0.750. The van der Waals surface area contributed by atoms with E-state index in [0.29, 0.717) is 5.92 Å². The molecule has 0 radical (unpaired) electrons. The molecule has 6 heteroatoms. The van der Waals surface area contributed by atoms with Crippen molar-refractivity contribution >= 4 is 23.6 Å². The maximum absolute atomic E-state index is 11.5. The highest BCUT2D eigenvalue weighted by Gasteiger charge is 2.13. The van der Waals surface area contributed by atoms with Crippen LogP contribution in [0, 0.1) is 5.92 Å². The summed E-state index contributed by atoms with van der Waals surface area (Å²) >= 11 is 1.25. The second-order valence-electron chi connectivity index (χ2n) is 4.90. The van der Waals surface area contributed by atoms with Gasteiger partial charge in [0.15, 0.2) is 0 Å². The highest BCUT2D eigenvalue weighted by molar-refractivity contribution is 8.00. The number of aliphatic carboxylic acids is 1. The first kappa shape index (κ1) is 17.2. The average Bonchev–Trinajstić information content (AvgIpc) is 2.25. The fourth-order valence-electron chi connectivity index (χ4n) is 1.32. The van der Waals surface area contributed by atoms with E-state index in [1.807, 2.05) is 6.92 Å². The molecule has 0 aromatic rings. The standard InChI is InChI=1S/C12H24N2O3S/c1-8(2)4-5-9(3)14-11(15)7-18-6-10(13)12(16)17/h8-10H,4-7,13H2,1-3H3,(H,14,15)(H,16,17)/t9?,10-/m1/s1. The quantitative estimate of drug-likeness (QED) is 0.586. The van der Waals surface area contributed by atoms with E-state index in [4.69, 9.17) is 10.8 Å². The number of nitrogens with two attached hydrogens (primary N) is 1. The molecule has 0 aromatic carbocycles. The maximum atomic E-state index is 11.5. The highest BCUT2D eigenvalue weighted by atomic mass is 32.2. The molecule has 1 amide bonds.